The number of hydrogen-bond acceptors (Lipinski definition) is 2. The summed E-state index contributed by atoms with van der Waals surface area (Å²) in [5.74, 6) is -9.75. The van der Waals surface area contributed by atoms with E-state index in [2.05, 4.69) is 25.8 Å². The van der Waals surface area contributed by atoms with Crippen LogP contribution in [0, 0.1) is 29.1 Å². The number of aromatic hydroxyl groups is 1. The van der Waals surface area contributed by atoms with Crippen LogP contribution in [0.25, 0.3) is 6.08 Å². The lowest BCUT2D eigenvalue weighted by molar-refractivity contribution is 0.377. The van der Waals surface area contributed by atoms with E-state index in [0.29, 0.717) is 29.7 Å². The molecular formula is C29H32F5NO. The first-order valence-electron chi connectivity index (χ1n) is 12.0. The van der Waals surface area contributed by atoms with Gasteiger partial charge in [0.15, 0.2) is 23.3 Å². The molecule has 7 heteroatoms. The van der Waals surface area contributed by atoms with E-state index in [1.54, 1.807) is 6.21 Å². The Hall–Kier alpha value is -2.96. The van der Waals surface area contributed by atoms with Gasteiger partial charge in [0.2, 0.25) is 5.82 Å². The molecule has 0 aromatic heterocycles. The molecule has 2 aromatic carbocycles. The van der Waals surface area contributed by atoms with Crippen molar-refractivity contribution in [3.8, 4) is 5.75 Å². The largest absolute Gasteiger partial charge is 0.507 e. The van der Waals surface area contributed by atoms with Gasteiger partial charge in [-0.25, -0.2) is 22.0 Å². The summed E-state index contributed by atoms with van der Waals surface area (Å²) in [4.78, 5) is 4.60. The third kappa shape index (κ3) is 5.71. The van der Waals surface area contributed by atoms with Crippen LogP contribution in [0.15, 0.2) is 34.5 Å². The monoisotopic (exact) mass is 505 g/mol. The summed E-state index contributed by atoms with van der Waals surface area (Å²) >= 11 is 0. The second kappa shape index (κ2) is 10.2. The number of phenols is 1. The Morgan fingerprint density at radius 1 is 0.750 bits per heavy atom. The normalized spacial score (nSPS) is 15.5. The van der Waals surface area contributed by atoms with E-state index >= 15 is 0 Å². The van der Waals surface area contributed by atoms with Crippen LogP contribution >= 0.6 is 0 Å². The first-order chi connectivity index (χ1) is 16.6. The van der Waals surface area contributed by atoms with Gasteiger partial charge in [-0.3, -0.25) is 4.99 Å². The molecular weight excluding hydrogens is 473 g/mol. The van der Waals surface area contributed by atoms with Gasteiger partial charge in [-0.1, -0.05) is 53.7 Å². The predicted octanol–water partition coefficient (Wildman–Crippen LogP) is 8.64. The molecule has 0 amide bonds. The Balaban J connectivity index is 2.07. The van der Waals surface area contributed by atoms with Crippen molar-refractivity contribution in [2.45, 2.75) is 78.1 Å². The van der Waals surface area contributed by atoms with E-state index in [1.165, 1.54) is 6.08 Å². The standard InChI is InChI=1S/C29H32F5NO/c1-28(2,3)18-13-17(27(36)20(14-18)29(4,5)6)15-35-21-10-8-7-9-16(21)11-12-19-22(30)24(32)26(34)25(33)23(19)31/h11-15,36H,7-10H2,1-6H3/b12-11-,35-15?. The zero-order valence-electron chi connectivity index (χ0n) is 21.5. The molecule has 0 aliphatic heterocycles. The molecule has 1 aliphatic carbocycles. The fourth-order valence-electron chi connectivity index (χ4n) is 4.10. The van der Waals surface area contributed by atoms with Crippen LogP contribution in [0.3, 0.4) is 0 Å². The molecule has 1 N–H and O–H groups in total. The zero-order chi connectivity index (χ0) is 27.0. The summed E-state index contributed by atoms with van der Waals surface area (Å²) in [6.45, 7) is 12.3. The van der Waals surface area contributed by atoms with Gasteiger partial charge in [-0.05, 0) is 59.8 Å². The molecule has 0 spiro atoms. The Kier molecular flexibility index (Phi) is 7.82. The van der Waals surface area contributed by atoms with Crippen LogP contribution in [0.4, 0.5) is 22.0 Å². The minimum atomic E-state index is -2.18. The van der Waals surface area contributed by atoms with Crippen molar-refractivity contribution in [2.24, 2.45) is 4.99 Å². The highest BCUT2D eigenvalue weighted by molar-refractivity contribution is 5.85. The second-order valence-corrected chi connectivity index (χ2v) is 11.2. The molecule has 0 atom stereocenters. The molecule has 3 rings (SSSR count). The molecule has 0 radical (unpaired) electrons. The van der Waals surface area contributed by atoms with Gasteiger partial charge >= 0.3 is 0 Å². The van der Waals surface area contributed by atoms with Gasteiger partial charge in [-0.15, -0.1) is 0 Å². The van der Waals surface area contributed by atoms with Gasteiger partial charge < -0.3 is 5.11 Å². The maximum absolute atomic E-state index is 14.1. The SMILES string of the molecule is CC(C)(C)c1cc(C=NC2=C(/C=C\c3c(F)c(F)c(F)c(F)c3F)CCCC2)c(O)c(C(C)(C)C)c1. The summed E-state index contributed by atoms with van der Waals surface area (Å²) in [5.41, 5.74) is 2.20. The van der Waals surface area contributed by atoms with E-state index in [0.717, 1.165) is 30.0 Å². The topological polar surface area (TPSA) is 32.6 Å². The number of allylic oxidation sites excluding steroid dienone is 3. The van der Waals surface area contributed by atoms with E-state index in [1.807, 2.05) is 32.9 Å². The average molecular weight is 506 g/mol. The lowest BCUT2D eigenvalue weighted by atomic mass is 9.79. The molecule has 0 fully saturated rings. The van der Waals surface area contributed by atoms with Crippen molar-refractivity contribution in [1.82, 2.24) is 0 Å². The maximum atomic E-state index is 14.1. The molecule has 0 saturated carbocycles. The van der Waals surface area contributed by atoms with E-state index in [4.69, 9.17) is 0 Å². The Morgan fingerprint density at radius 2 is 1.31 bits per heavy atom. The highest BCUT2D eigenvalue weighted by Gasteiger charge is 2.26. The molecule has 2 nitrogen and oxygen atoms in total. The smallest absolute Gasteiger partial charge is 0.200 e. The van der Waals surface area contributed by atoms with Gasteiger partial charge in [-0.2, -0.15) is 0 Å². The number of halogens is 5. The van der Waals surface area contributed by atoms with Crippen molar-refractivity contribution in [3.05, 3.63) is 80.8 Å². The van der Waals surface area contributed by atoms with Crippen molar-refractivity contribution in [3.63, 3.8) is 0 Å². The Morgan fingerprint density at radius 3 is 1.86 bits per heavy atom. The van der Waals surface area contributed by atoms with Crippen LogP contribution in [0.5, 0.6) is 5.75 Å². The van der Waals surface area contributed by atoms with Gasteiger partial charge in [0.1, 0.15) is 5.75 Å². The molecule has 0 saturated heterocycles. The highest BCUT2D eigenvalue weighted by atomic mass is 19.2. The maximum Gasteiger partial charge on any atom is 0.200 e. The molecule has 36 heavy (non-hydrogen) atoms. The van der Waals surface area contributed by atoms with Crippen LogP contribution in [0.1, 0.15) is 89.5 Å². The minimum Gasteiger partial charge on any atom is -0.507 e. The number of benzene rings is 2. The Labute approximate surface area is 209 Å². The number of nitrogens with zero attached hydrogens (tertiary/aromatic N) is 1. The summed E-state index contributed by atoms with van der Waals surface area (Å²) in [5, 5.41) is 11.0. The third-order valence-corrected chi connectivity index (χ3v) is 6.35. The first kappa shape index (κ1) is 27.6. The van der Waals surface area contributed by atoms with Crippen LogP contribution < -0.4 is 0 Å². The van der Waals surface area contributed by atoms with Crippen LogP contribution in [-0.4, -0.2) is 11.3 Å². The minimum absolute atomic E-state index is 0.133. The van der Waals surface area contributed by atoms with E-state index in [9.17, 15) is 27.1 Å². The van der Waals surface area contributed by atoms with Crippen LogP contribution in [-0.2, 0) is 10.8 Å². The van der Waals surface area contributed by atoms with Crippen LogP contribution in [0.2, 0.25) is 0 Å². The number of rotatable bonds is 4. The van der Waals surface area contributed by atoms with Crippen molar-refractivity contribution in [1.29, 1.82) is 0 Å². The molecule has 194 valence electrons. The van der Waals surface area contributed by atoms with Crippen molar-refractivity contribution in [2.75, 3.05) is 0 Å². The number of hydrogen-bond donors (Lipinski definition) is 1. The molecule has 2 aromatic rings. The average Bonchev–Trinajstić information content (AvgIpc) is 2.80. The quantitative estimate of drug-likeness (QED) is 0.192. The first-order valence-corrected chi connectivity index (χ1v) is 12.0. The lowest BCUT2D eigenvalue weighted by Gasteiger charge is -2.27. The van der Waals surface area contributed by atoms with E-state index in [-0.39, 0.29) is 16.6 Å². The molecule has 1 aliphatic rings. The fourth-order valence-corrected chi connectivity index (χ4v) is 4.10. The summed E-state index contributed by atoms with van der Waals surface area (Å²) in [7, 11) is 0. The second-order valence-electron chi connectivity index (χ2n) is 11.2. The zero-order valence-corrected chi connectivity index (χ0v) is 21.5. The van der Waals surface area contributed by atoms with Crippen molar-refractivity contribution >= 4 is 12.3 Å². The number of aliphatic imine (C=N–C) groups is 1. The summed E-state index contributed by atoms with van der Waals surface area (Å²) in [6.07, 6.45) is 6.60. The highest BCUT2D eigenvalue weighted by Crippen LogP contribution is 2.37. The summed E-state index contributed by atoms with van der Waals surface area (Å²) in [6, 6.07) is 3.90. The van der Waals surface area contributed by atoms with Gasteiger partial charge in [0, 0.05) is 23.0 Å². The van der Waals surface area contributed by atoms with Gasteiger partial charge in [0.25, 0.3) is 0 Å². The van der Waals surface area contributed by atoms with E-state index < -0.39 is 34.6 Å². The molecule has 0 unspecified atom stereocenters. The summed E-state index contributed by atoms with van der Waals surface area (Å²) < 4.78 is 68.7. The molecule has 0 heterocycles. The predicted molar refractivity (Wildman–Crippen MR) is 134 cm³/mol. The third-order valence-electron chi connectivity index (χ3n) is 6.35. The van der Waals surface area contributed by atoms with Crippen molar-refractivity contribution < 1.29 is 27.1 Å². The molecule has 0 bridgehead atoms. The fraction of sp³-hybridized carbons (Fsp3) is 0.414. The lowest BCUT2D eigenvalue weighted by Crippen LogP contribution is -2.17. The van der Waals surface area contributed by atoms with Gasteiger partial charge in [0.05, 0.1) is 5.56 Å². The Bertz CT molecular complexity index is 1230. The number of phenolic OH excluding ortho intramolecular Hbond substituents is 1.